The van der Waals surface area contributed by atoms with Crippen LogP contribution in [0.3, 0.4) is 0 Å². The Bertz CT molecular complexity index is 301. The molecule has 2 rings (SSSR count). The minimum absolute atomic E-state index is 0.0713. The largest absolute Gasteiger partial charge is 0.321 e. The van der Waals surface area contributed by atoms with E-state index in [1.807, 2.05) is 11.6 Å². The van der Waals surface area contributed by atoms with Crippen LogP contribution in [0, 0.1) is 0 Å². The van der Waals surface area contributed by atoms with Crippen molar-refractivity contribution < 1.29 is 0 Å². The van der Waals surface area contributed by atoms with Crippen LogP contribution < -0.4 is 5.73 Å². The molecule has 0 bridgehead atoms. The smallest absolute Gasteiger partial charge is 0.166 e. The van der Waals surface area contributed by atoms with Gasteiger partial charge in [0, 0.05) is 6.54 Å². The molecule has 2 N–H and O–H groups in total. The van der Waals surface area contributed by atoms with Gasteiger partial charge < -0.3 is 10.6 Å². The van der Waals surface area contributed by atoms with E-state index in [4.69, 9.17) is 5.73 Å². The van der Waals surface area contributed by atoms with Gasteiger partial charge in [-0.05, 0) is 32.9 Å². The van der Waals surface area contributed by atoms with Crippen LogP contribution in [0.1, 0.15) is 31.6 Å². The van der Waals surface area contributed by atoms with Gasteiger partial charge in [-0.25, -0.2) is 4.98 Å². The quantitative estimate of drug-likeness (QED) is 0.779. The van der Waals surface area contributed by atoms with Crippen LogP contribution in [0.4, 0.5) is 0 Å². The molecule has 0 radical (unpaired) electrons. The maximum Gasteiger partial charge on any atom is 0.166 e. The number of aromatic nitrogens is 3. The Morgan fingerprint density at radius 2 is 2.13 bits per heavy atom. The van der Waals surface area contributed by atoms with E-state index in [1.54, 1.807) is 6.33 Å². The summed E-state index contributed by atoms with van der Waals surface area (Å²) in [6.07, 6.45) is 4.44. The standard InChI is InChI=1S/C10H19N5/c1-9(11)10-12-8-15(13-10)7-6-14-4-2-3-5-14/h8-9H,2-7,11H2,1H3. The van der Waals surface area contributed by atoms with Gasteiger partial charge in [0.15, 0.2) is 5.82 Å². The molecule has 84 valence electrons. The summed E-state index contributed by atoms with van der Waals surface area (Å²) in [5, 5.41) is 4.32. The van der Waals surface area contributed by atoms with E-state index < -0.39 is 0 Å². The lowest BCUT2D eigenvalue weighted by Crippen LogP contribution is -2.24. The van der Waals surface area contributed by atoms with Gasteiger partial charge in [0.25, 0.3) is 0 Å². The highest BCUT2D eigenvalue weighted by molar-refractivity contribution is 4.87. The van der Waals surface area contributed by atoms with E-state index in [0.29, 0.717) is 0 Å². The first-order valence-corrected chi connectivity index (χ1v) is 5.63. The molecule has 1 fully saturated rings. The predicted molar refractivity (Wildman–Crippen MR) is 58.3 cm³/mol. The van der Waals surface area contributed by atoms with Crippen molar-refractivity contribution in [3.05, 3.63) is 12.2 Å². The van der Waals surface area contributed by atoms with Crippen molar-refractivity contribution in [1.82, 2.24) is 19.7 Å². The van der Waals surface area contributed by atoms with Gasteiger partial charge in [0.05, 0.1) is 12.6 Å². The molecular weight excluding hydrogens is 190 g/mol. The van der Waals surface area contributed by atoms with E-state index in [0.717, 1.165) is 18.9 Å². The van der Waals surface area contributed by atoms with Crippen molar-refractivity contribution >= 4 is 0 Å². The summed E-state index contributed by atoms with van der Waals surface area (Å²) in [7, 11) is 0. The van der Waals surface area contributed by atoms with Crippen LogP contribution in [-0.2, 0) is 6.54 Å². The molecular formula is C10H19N5. The number of hydrogen-bond donors (Lipinski definition) is 1. The minimum atomic E-state index is -0.0713. The van der Waals surface area contributed by atoms with Gasteiger partial charge in [-0.2, -0.15) is 5.10 Å². The number of nitrogens with two attached hydrogens (primary N) is 1. The normalized spacial score (nSPS) is 19.6. The molecule has 1 saturated heterocycles. The number of hydrogen-bond acceptors (Lipinski definition) is 4. The third-order valence-corrected chi connectivity index (χ3v) is 2.81. The highest BCUT2D eigenvalue weighted by Crippen LogP contribution is 2.07. The topological polar surface area (TPSA) is 60.0 Å². The molecule has 1 aliphatic heterocycles. The molecule has 0 saturated carbocycles. The van der Waals surface area contributed by atoms with Crippen LogP contribution in [0.25, 0.3) is 0 Å². The van der Waals surface area contributed by atoms with E-state index in [-0.39, 0.29) is 6.04 Å². The van der Waals surface area contributed by atoms with E-state index in [2.05, 4.69) is 15.0 Å². The Kier molecular flexibility index (Phi) is 3.33. The summed E-state index contributed by atoms with van der Waals surface area (Å²) in [6, 6.07) is -0.0713. The van der Waals surface area contributed by atoms with Crippen LogP contribution >= 0.6 is 0 Å². The first-order chi connectivity index (χ1) is 7.25. The molecule has 0 aliphatic carbocycles. The summed E-state index contributed by atoms with van der Waals surface area (Å²) in [5.41, 5.74) is 5.70. The number of nitrogens with zero attached hydrogens (tertiary/aromatic N) is 4. The average Bonchev–Trinajstić information content (AvgIpc) is 2.86. The third-order valence-electron chi connectivity index (χ3n) is 2.81. The Morgan fingerprint density at radius 3 is 2.73 bits per heavy atom. The Hall–Kier alpha value is -0.940. The summed E-state index contributed by atoms with van der Waals surface area (Å²) >= 11 is 0. The molecule has 5 heteroatoms. The van der Waals surface area contributed by atoms with Gasteiger partial charge in [-0.15, -0.1) is 0 Å². The lowest BCUT2D eigenvalue weighted by Gasteiger charge is -2.13. The molecule has 2 heterocycles. The van der Waals surface area contributed by atoms with E-state index in [1.165, 1.54) is 25.9 Å². The molecule has 0 spiro atoms. The fraction of sp³-hybridized carbons (Fsp3) is 0.800. The second kappa shape index (κ2) is 4.72. The Labute approximate surface area is 90.3 Å². The third kappa shape index (κ3) is 2.76. The molecule has 15 heavy (non-hydrogen) atoms. The molecule has 0 aromatic carbocycles. The maximum absolute atomic E-state index is 5.70. The van der Waals surface area contributed by atoms with Crippen LogP contribution in [0.15, 0.2) is 6.33 Å². The first kappa shape index (κ1) is 10.6. The van der Waals surface area contributed by atoms with Gasteiger partial charge in [-0.3, -0.25) is 4.68 Å². The summed E-state index contributed by atoms with van der Waals surface area (Å²) in [5.74, 6) is 0.733. The van der Waals surface area contributed by atoms with Crippen molar-refractivity contribution in [1.29, 1.82) is 0 Å². The molecule has 1 atom stereocenters. The van der Waals surface area contributed by atoms with Crippen LogP contribution in [-0.4, -0.2) is 39.3 Å². The summed E-state index contributed by atoms with van der Waals surface area (Å²) < 4.78 is 1.89. The monoisotopic (exact) mass is 209 g/mol. The zero-order chi connectivity index (χ0) is 10.7. The highest BCUT2D eigenvalue weighted by Gasteiger charge is 2.11. The van der Waals surface area contributed by atoms with Gasteiger partial charge >= 0.3 is 0 Å². The zero-order valence-corrected chi connectivity index (χ0v) is 9.26. The minimum Gasteiger partial charge on any atom is -0.321 e. The van der Waals surface area contributed by atoms with Crippen molar-refractivity contribution in [2.45, 2.75) is 32.4 Å². The molecule has 0 amide bonds. The van der Waals surface area contributed by atoms with Crippen molar-refractivity contribution in [2.75, 3.05) is 19.6 Å². The number of likely N-dealkylation sites (tertiary alicyclic amines) is 1. The lowest BCUT2D eigenvalue weighted by atomic mass is 10.4. The average molecular weight is 209 g/mol. The van der Waals surface area contributed by atoms with Crippen LogP contribution in [0.2, 0.25) is 0 Å². The molecule has 1 aromatic rings. The zero-order valence-electron chi connectivity index (χ0n) is 9.26. The molecule has 1 aliphatic rings. The second-order valence-electron chi connectivity index (χ2n) is 4.20. The fourth-order valence-electron chi connectivity index (χ4n) is 1.88. The molecule has 1 aromatic heterocycles. The SMILES string of the molecule is CC(N)c1ncn(CCN2CCCC2)n1. The van der Waals surface area contributed by atoms with Crippen molar-refractivity contribution in [3.63, 3.8) is 0 Å². The fourth-order valence-corrected chi connectivity index (χ4v) is 1.88. The highest BCUT2D eigenvalue weighted by atomic mass is 15.3. The molecule has 5 nitrogen and oxygen atoms in total. The predicted octanol–water partition coefficient (Wildman–Crippen LogP) is 0.394. The first-order valence-electron chi connectivity index (χ1n) is 5.63. The van der Waals surface area contributed by atoms with Gasteiger partial charge in [0.2, 0.25) is 0 Å². The van der Waals surface area contributed by atoms with Crippen molar-refractivity contribution in [3.8, 4) is 0 Å². The lowest BCUT2D eigenvalue weighted by molar-refractivity contribution is 0.315. The van der Waals surface area contributed by atoms with E-state index >= 15 is 0 Å². The van der Waals surface area contributed by atoms with Crippen LogP contribution in [0.5, 0.6) is 0 Å². The summed E-state index contributed by atoms with van der Waals surface area (Å²) in [4.78, 5) is 6.63. The van der Waals surface area contributed by atoms with Gasteiger partial charge in [-0.1, -0.05) is 0 Å². The van der Waals surface area contributed by atoms with Gasteiger partial charge in [0.1, 0.15) is 6.33 Å². The molecule has 1 unspecified atom stereocenters. The summed E-state index contributed by atoms with van der Waals surface area (Å²) in [6.45, 7) is 6.35. The van der Waals surface area contributed by atoms with Crippen molar-refractivity contribution in [2.24, 2.45) is 5.73 Å². The second-order valence-corrected chi connectivity index (χ2v) is 4.20. The number of rotatable bonds is 4. The maximum atomic E-state index is 5.70. The Balaban J connectivity index is 1.82. The van der Waals surface area contributed by atoms with E-state index in [9.17, 15) is 0 Å². The Morgan fingerprint density at radius 1 is 1.40 bits per heavy atom.